The van der Waals surface area contributed by atoms with E-state index < -0.39 is 49.2 Å². The summed E-state index contributed by atoms with van der Waals surface area (Å²) in [6.45, 7) is -0.742. The number of carboxylic acid groups (broad SMARTS) is 1. The Bertz CT molecular complexity index is 564. The lowest BCUT2D eigenvalue weighted by molar-refractivity contribution is -0.192. The Hall–Kier alpha value is -2.02. The standard InChI is InChI=1S/C12H19F2N3O3.C2HF3O2/c13-12(14)5-17(6-12)11(20)9(18)8(15)4-7-2-1-3-16-10(7)19;3-2(4,5)1(6)7/h7-9,18H,1-6,15H2,(H,16,19);(H,6,7)/t7-,8-,9?;/m0./s1. The van der Waals surface area contributed by atoms with Gasteiger partial charge in [-0.15, -0.1) is 0 Å². The van der Waals surface area contributed by atoms with Gasteiger partial charge in [0.25, 0.3) is 11.8 Å². The van der Waals surface area contributed by atoms with Gasteiger partial charge in [-0.05, 0) is 19.3 Å². The average Bonchev–Trinajstić information content (AvgIpc) is 2.53. The molecule has 2 aliphatic rings. The highest BCUT2D eigenvalue weighted by Crippen LogP contribution is 2.28. The Balaban J connectivity index is 0.000000445. The number of alkyl halides is 5. The molecule has 1 unspecified atom stereocenters. The van der Waals surface area contributed by atoms with Crippen molar-refractivity contribution in [2.24, 2.45) is 11.7 Å². The molecule has 2 amide bonds. The lowest BCUT2D eigenvalue weighted by Gasteiger charge is -2.40. The Morgan fingerprint density at radius 1 is 1.33 bits per heavy atom. The second-order valence-corrected chi connectivity index (χ2v) is 6.33. The van der Waals surface area contributed by atoms with E-state index in [9.17, 15) is 36.6 Å². The molecule has 0 saturated carbocycles. The van der Waals surface area contributed by atoms with E-state index in [2.05, 4.69) is 5.32 Å². The number of aliphatic hydroxyl groups is 1. The average molecular weight is 405 g/mol. The first kappa shape index (κ1) is 23.0. The molecule has 0 bridgehead atoms. The van der Waals surface area contributed by atoms with Gasteiger partial charge in [0.1, 0.15) is 6.10 Å². The molecule has 0 radical (unpaired) electrons. The third kappa shape index (κ3) is 6.90. The monoisotopic (exact) mass is 405 g/mol. The number of carboxylic acids is 1. The predicted molar refractivity (Wildman–Crippen MR) is 79.6 cm³/mol. The van der Waals surface area contributed by atoms with E-state index in [0.29, 0.717) is 13.0 Å². The maximum atomic E-state index is 12.7. The van der Waals surface area contributed by atoms with Crippen LogP contribution in [0.4, 0.5) is 22.0 Å². The predicted octanol–water partition coefficient (Wildman–Crippen LogP) is -0.298. The van der Waals surface area contributed by atoms with Crippen molar-refractivity contribution < 1.29 is 46.5 Å². The number of nitrogens with zero attached hydrogens (tertiary/aromatic N) is 1. The van der Waals surface area contributed by atoms with Crippen LogP contribution in [0.2, 0.25) is 0 Å². The van der Waals surface area contributed by atoms with E-state index in [1.807, 2.05) is 0 Å². The van der Waals surface area contributed by atoms with Crippen molar-refractivity contribution in [1.82, 2.24) is 10.2 Å². The summed E-state index contributed by atoms with van der Waals surface area (Å²) in [5.74, 6) is -6.89. The molecule has 5 N–H and O–H groups in total. The van der Waals surface area contributed by atoms with E-state index in [1.54, 1.807) is 0 Å². The van der Waals surface area contributed by atoms with E-state index in [1.165, 1.54) is 0 Å². The number of carbonyl (C=O) groups is 3. The molecule has 13 heteroatoms. The van der Waals surface area contributed by atoms with Crippen molar-refractivity contribution in [1.29, 1.82) is 0 Å². The molecule has 2 aliphatic heterocycles. The highest BCUT2D eigenvalue weighted by molar-refractivity contribution is 5.83. The quantitative estimate of drug-likeness (QED) is 0.475. The van der Waals surface area contributed by atoms with Gasteiger partial charge < -0.3 is 26.2 Å². The van der Waals surface area contributed by atoms with Gasteiger partial charge >= 0.3 is 12.1 Å². The molecule has 8 nitrogen and oxygen atoms in total. The maximum absolute atomic E-state index is 12.7. The van der Waals surface area contributed by atoms with Gasteiger partial charge in [0.05, 0.1) is 13.1 Å². The molecule has 2 saturated heterocycles. The summed E-state index contributed by atoms with van der Waals surface area (Å²) in [6, 6.07) is -0.925. The zero-order valence-corrected chi connectivity index (χ0v) is 14.0. The van der Waals surface area contributed by atoms with Gasteiger partial charge in [-0.3, -0.25) is 9.59 Å². The van der Waals surface area contributed by atoms with Crippen molar-refractivity contribution in [3.63, 3.8) is 0 Å². The van der Waals surface area contributed by atoms with Gasteiger partial charge in [-0.2, -0.15) is 13.2 Å². The molecule has 156 valence electrons. The molecule has 2 heterocycles. The number of hydrogen-bond acceptors (Lipinski definition) is 5. The van der Waals surface area contributed by atoms with Crippen molar-refractivity contribution in [2.75, 3.05) is 19.6 Å². The Kier molecular flexibility index (Phi) is 7.48. The zero-order valence-electron chi connectivity index (χ0n) is 14.0. The number of hydrogen-bond donors (Lipinski definition) is 4. The molecule has 27 heavy (non-hydrogen) atoms. The van der Waals surface area contributed by atoms with Gasteiger partial charge in [0.15, 0.2) is 0 Å². The third-order valence-corrected chi connectivity index (χ3v) is 4.01. The highest BCUT2D eigenvalue weighted by Gasteiger charge is 2.48. The number of amides is 2. The molecule has 0 spiro atoms. The summed E-state index contributed by atoms with van der Waals surface area (Å²) in [6.07, 6.45) is -4.97. The molecule has 0 aliphatic carbocycles. The number of likely N-dealkylation sites (tertiary alicyclic amines) is 1. The Labute approximate surface area is 150 Å². The molecular weight excluding hydrogens is 385 g/mol. The first-order valence-corrected chi connectivity index (χ1v) is 7.92. The van der Waals surface area contributed by atoms with Crippen molar-refractivity contribution in [3.8, 4) is 0 Å². The van der Waals surface area contributed by atoms with Gasteiger partial charge in [0, 0.05) is 18.5 Å². The molecular formula is C14H20F5N3O5. The van der Waals surface area contributed by atoms with Crippen LogP contribution < -0.4 is 11.1 Å². The van der Waals surface area contributed by atoms with Gasteiger partial charge in [-0.1, -0.05) is 0 Å². The molecule has 3 atom stereocenters. The summed E-state index contributed by atoms with van der Waals surface area (Å²) in [5.41, 5.74) is 5.73. The van der Waals surface area contributed by atoms with E-state index in [0.717, 1.165) is 11.3 Å². The minimum absolute atomic E-state index is 0.137. The maximum Gasteiger partial charge on any atom is 0.490 e. The fourth-order valence-corrected chi connectivity index (χ4v) is 2.56. The summed E-state index contributed by atoms with van der Waals surface area (Å²) < 4.78 is 57.1. The van der Waals surface area contributed by atoms with Crippen LogP contribution in [0.1, 0.15) is 19.3 Å². The molecule has 2 fully saturated rings. The number of nitrogens with one attached hydrogen (secondary N) is 1. The third-order valence-electron chi connectivity index (χ3n) is 4.01. The first-order valence-electron chi connectivity index (χ1n) is 7.92. The second-order valence-electron chi connectivity index (χ2n) is 6.33. The van der Waals surface area contributed by atoms with Crippen LogP contribution in [-0.2, 0) is 14.4 Å². The van der Waals surface area contributed by atoms with Gasteiger partial charge in [0.2, 0.25) is 5.91 Å². The number of halogens is 5. The number of carbonyl (C=O) groups excluding carboxylic acids is 2. The largest absolute Gasteiger partial charge is 0.490 e. The van der Waals surface area contributed by atoms with Gasteiger partial charge in [-0.25, -0.2) is 13.6 Å². The SMILES string of the molecule is N[C@@H](C[C@@H]1CCCNC1=O)C(O)C(=O)N1CC(F)(F)C1.O=C(O)C(F)(F)F. The van der Waals surface area contributed by atoms with Crippen LogP contribution in [-0.4, -0.2) is 76.8 Å². The second kappa shape index (κ2) is 8.78. The fraction of sp³-hybridized carbons (Fsp3) is 0.786. The summed E-state index contributed by atoms with van der Waals surface area (Å²) >= 11 is 0. The zero-order chi connectivity index (χ0) is 21.0. The van der Waals surface area contributed by atoms with E-state index in [4.69, 9.17) is 15.6 Å². The summed E-state index contributed by atoms with van der Waals surface area (Å²) in [7, 11) is 0. The van der Waals surface area contributed by atoms with Crippen LogP contribution in [0, 0.1) is 5.92 Å². The van der Waals surface area contributed by atoms with Crippen LogP contribution in [0.3, 0.4) is 0 Å². The van der Waals surface area contributed by atoms with Crippen molar-refractivity contribution in [2.45, 2.75) is 43.5 Å². The number of aliphatic carboxylic acids is 1. The lowest BCUT2D eigenvalue weighted by atomic mass is 9.89. The highest BCUT2D eigenvalue weighted by atomic mass is 19.4. The summed E-state index contributed by atoms with van der Waals surface area (Å²) in [4.78, 5) is 33.1. The van der Waals surface area contributed by atoms with Crippen molar-refractivity contribution >= 4 is 17.8 Å². The Morgan fingerprint density at radius 3 is 2.26 bits per heavy atom. The first-order chi connectivity index (χ1) is 12.2. The number of nitrogens with two attached hydrogens (primary N) is 1. The minimum atomic E-state index is -5.08. The van der Waals surface area contributed by atoms with Crippen LogP contribution in [0.25, 0.3) is 0 Å². The summed E-state index contributed by atoms with van der Waals surface area (Å²) in [5, 5.41) is 19.6. The topological polar surface area (TPSA) is 133 Å². The minimum Gasteiger partial charge on any atom is -0.475 e. The normalized spacial score (nSPS) is 23.9. The van der Waals surface area contributed by atoms with E-state index in [-0.39, 0.29) is 18.2 Å². The fourth-order valence-electron chi connectivity index (χ4n) is 2.56. The van der Waals surface area contributed by atoms with Crippen molar-refractivity contribution in [3.05, 3.63) is 0 Å². The molecule has 0 aromatic heterocycles. The van der Waals surface area contributed by atoms with Crippen LogP contribution in [0.15, 0.2) is 0 Å². The molecule has 2 rings (SSSR count). The number of piperidine rings is 1. The Morgan fingerprint density at radius 2 is 1.85 bits per heavy atom. The van der Waals surface area contributed by atoms with Crippen LogP contribution >= 0.6 is 0 Å². The number of rotatable bonds is 4. The van der Waals surface area contributed by atoms with Crippen LogP contribution in [0.5, 0.6) is 0 Å². The lowest BCUT2D eigenvalue weighted by Crippen LogP contribution is -2.62. The molecule has 0 aromatic rings. The van der Waals surface area contributed by atoms with E-state index >= 15 is 0 Å². The molecule has 0 aromatic carbocycles. The number of aliphatic hydroxyl groups excluding tert-OH is 1. The smallest absolute Gasteiger partial charge is 0.475 e.